The molecule has 1 fully saturated rings. The van der Waals surface area contributed by atoms with E-state index >= 15 is 0 Å². The van der Waals surface area contributed by atoms with E-state index in [1.165, 1.54) is 37.7 Å². The fourth-order valence-electron chi connectivity index (χ4n) is 3.53. The van der Waals surface area contributed by atoms with Crippen LogP contribution in [0.25, 0.3) is 0 Å². The molecule has 1 aromatic heterocycles. The Balaban J connectivity index is 1.72. The Morgan fingerprint density at radius 3 is 2.60 bits per heavy atom. The van der Waals surface area contributed by atoms with Gasteiger partial charge >= 0.3 is 0 Å². The summed E-state index contributed by atoms with van der Waals surface area (Å²) in [5.74, 6) is 1.51. The van der Waals surface area contributed by atoms with Crippen LogP contribution in [0.2, 0.25) is 0 Å². The van der Waals surface area contributed by atoms with Gasteiger partial charge in [0.25, 0.3) is 0 Å². The normalized spacial score (nSPS) is 18.0. The zero-order valence-electron chi connectivity index (χ0n) is 12.0. The van der Waals surface area contributed by atoms with Gasteiger partial charge in [-0.15, -0.1) is 0 Å². The van der Waals surface area contributed by atoms with Crippen LogP contribution in [0.4, 0.5) is 0 Å². The summed E-state index contributed by atoms with van der Waals surface area (Å²) in [6.07, 6.45) is 11.6. The topological polar surface area (TPSA) is 30.7 Å². The second-order valence-corrected chi connectivity index (χ2v) is 5.86. The molecule has 1 aromatic carbocycles. The van der Waals surface area contributed by atoms with Crippen LogP contribution in [0.5, 0.6) is 0 Å². The highest BCUT2D eigenvalue weighted by Crippen LogP contribution is 2.38. The van der Waals surface area contributed by atoms with E-state index in [4.69, 9.17) is 0 Å². The lowest BCUT2D eigenvalue weighted by atomic mass is 9.75. The maximum atomic E-state index is 4.23. The second kappa shape index (κ2) is 6.69. The lowest BCUT2D eigenvalue weighted by Gasteiger charge is -2.30. The van der Waals surface area contributed by atoms with Crippen molar-refractivity contribution < 1.29 is 0 Å². The van der Waals surface area contributed by atoms with Crippen molar-refractivity contribution in [1.29, 1.82) is 0 Å². The maximum Gasteiger partial charge on any atom is 0.137 e. The van der Waals surface area contributed by atoms with Gasteiger partial charge in [0.2, 0.25) is 0 Å². The van der Waals surface area contributed by atoms with Gasteiger partial charge in [-0.3, -0.25) is 4.68 Å². The van der Waals surface area contributed by atoms with Crippen molar-refractivity contribution in [2.45, 2.75) is 51.0 Å². The molecule has 0 unspecified atom stereocenters. The van der Waals surface area contributed by atoms with Gasteiger partial charge in [0.1, 0.15) is 12.7 Å². The van der Waals surface area contributed by atoms with E-state index in [1.54, 1.807) is 6.33 Å². The monoisotopic (exact) mass is 269 g/mol. The van der Waals surface area contributed by atoms with Crippen LogP contribution in [-0.2, 0) is 6.54 Å². The standard InChI is InChI=1S/C17H23N3/c1-3-7-15(8-4-1)17(16-9-5-2-6-10-16)11-12-20-14-18-13-19-20/h1,3-4,7-8,13-14,16-17H,2,5-6,9-12H2/t17-/m0/s1. The summed E-state index contributed by atoms with van der Waals surface area (Å²) in [5, 5.41) is 4.23. The second-order valence-electron chi connectivity index (χ2n) is 5.86. The van der Waals surface area contributed by atoms with Crippen molar-refractivity contribution in [3.8, 4) is 0 Å². The Bertz CT molecular complexity index is 486. The Kier molecular flexibility index (Phi) is 4.46. The molecule has 0 radical (unpaired) electrons. The molecule has 1 atom stereocenters. The molecule has 106 valence electrons. The number of aryl methyl sites for hydroxylation is 1. The van der Waals surface area contributed by atoms with Crippen LogP contribution < -0.4 is 0 Å². The Morgan fingerprint density at radius 2 is 1.90 bits per heavy atom. The average Bonchev–Trinajstić information content (AvgIpc) is 3.03. The molecular formula is C17H23N3. The van der Waals surface area contributed by atoms with Crippen molar-refractivity contribution in [2.24, 2.45) is 5.92 Å². The summed E-state index contributed by atoms with van der Waals surface area (Å²) < 4.78 is 1.96. The molecule has 0 amide bonds. The van der Waals surface area contributed by atoms with Crippen molar-refractivity contribution in [3.63, 3.8) is 0 Å². The number of hydrogen-bond donors (Lipinski definition) is 0. The van der Waals surface area contributed by atoms with E-state index in [1.807, 2.05) is 11.0 Å². The third-order valence-electron chi connectivity index (χ3n) is 4.58. The SMILES string of the molecule is c1ccc([C@H](CCn2cncn2)C2CCCCC2)cc1. The van der Waals surface area contributed by atoms with Gasteiger partial charge in [-0.1, -0.05) is 49.6 Å². The molecular weight excluding hydrogens is 246 g/mol. The van der Waals surface area contributed by atoms with Gasteiger partial charge in [0, 0.05) is 6.54 Å². The lowest BCUT2D eigenvalue weighted by molar-refractivity contribution is 0.284. The number of benzene rings is 1. The molecule has 3 nitrogen and oxygen atoms in total. The molecule has 0 bridgehead atoms. The lowest BCUT2D eigenvalue weighted by Crippen LogP contribution is -2.18. The minimum absolute atomic E-state index is 0.667. The van der Waals surface area contributed by atoms with Crippen LogP contribution in [0.3, 0.4) is 0 Å². The summed E-state index contributed by atoms with van der Waals surface area (Å²) in [6, 6.07) is 11.0. The van der Waals surface area contributed by atoms with Crippen LogP contribution in [-0.4, -0.2) is 14.8 Å². The fraction of sp³-hybridized carbons (Fsp3) is 0.529. The number of aromatic nitrogens is 3. The van der Waals surface area contributed by atoms with Crippen LogP contribution in [0.1, 0.15) is 50.0 Å². The molecule has 0 aliphatic heterocycles. The fourth-order valence-corrected chi connectivity index (χ4v) is 3.53. The summed E-state index contributed by atoms with van der Waals surface area (Å²) in [5.41, 5.74) is 1.50. The van der Waals surface area contributed by atoms with Crippen molar-refractivity contribution in [3.05, 3.63) is 48.5 Å². The minimum Gasteiger partial charge on any atom is -0.253 e. The average molecular weight is 269 g/mol. The molecule has 1 heterocycles. The highest BCUT2D eigenvalue weighted by Gasteiger charge is 2.24. The van der Waals surface area contributed by atoms with Gasteiger partial charge in [-0.25, -0.2) is 4.98 Å². The Morgan fingerprint density at radius 1 is 1.10 bits per heavy atom. The molecule has 3 heteroatoms. The third-order valence-corrected chi connectivity index (χ3v) is 4.58. The predicted molar refractivity (Wildman–Crippen MR) is 80.4 cm³/mol. The first-order valence-electron chi connectivity index (χ1n) is 7.81. The molecule has 1 aliphatic rings. The van der Waals surface area contributed by atoms with E-state index in [0.29, 0.717) is 5.92 Å². The van der Waals surface area contributed by atoms with Gasteiger partial charge in [-0.05, 0) is 36.7 Å². The van der Waals surface area contributed by atoms with Gasteiger partial charge in [-0.2, -0.15) is 5.10 Å². The molecule has 0 spiro atoms. The molecule has 20 heavy (non-hydrogen) atoms. The predicted octanol–water partition coefficient (Wildman–Crippen LogP) is 4.03. The Hall–Kier alpha value is -1.64. The quantitative estimate of drug-likeness (QED) is 0.820. The zero-order chi connectivity index (χ0) is 13.6. The van der Waals surface area contributed by atoms with Crippen LogP contribution >= 0.6 is 0 Å². The molecule has 0 N–H and O–H groups in total. The first-order chi connectivity index (χ1) is 9.93. The minimum atomic E-state index is 0.667. The van der Waals surface area contributed by atoms with Crippen LogP contribution in [0.15, 0.2) is 43.0 Å². The summed E-state index contributed by atoms with van der Waals surface area (Å²) in [6.45, 7) is 0.968. The van der Waals surface area contributed by atoms with Gasteiger partial charge < -0.3 is 0 Å². The molecule has 3 rings (SSSR count). The van der Waals surface area contributed by atoms with E-state index in [2.05, 4.69) is 40.4 Å². The van der Waals surface area contributed by atoms with Crippen molar-refractivity contribution in [2.75, 3.05) is 0 Å². The third kappa shape index (κ3) is 3.27. The molecule has 0 saturated heterocycles. The van der Waals surface area contributed by atoms with E-state index < -0.39 is 0 Å². The molecule has 2 aromatic rings. The van der Waals surface area contributed by atoms with E-state index in [-0.39, 0.29) is 0 Å². The highest BCUT2D eigenvalue weighted by atomic mass is 15.3. The number of rotatable bonds is 5. The molecule has 1 aliphatic carbocycles. The molecule has 1 saturated carbocycles. The van der Waals surface area contributed by atoms with E-state index in [9.17, 15) is 0 Å². The number of nitrogens with zero attached hydrogens (tertiary/aromatic N) is 3. The van der Waals surface area contributed by atoms with E-state index in [0.717, 1.165) is 18.9 Å². The largest absolute Gasteiger partial charge is 0.253 e. The summed E-state index contributed by atoms with van der Waals surface area (Å²) in [4.78, 5) is 4.04. The maximum absolute atomic E-state index is 4.23. The van der Waals surface area contributed by atoms with Gasteiger partial charge in [0.15, 0.2) is 0 Å². The Labute approximate surface area is 121 Å². The number of hydrogen-bond acceptors (Lipinski definition) is 2. The summed E-state index contributed by atoms with van der Waals surface area (Å²) in [7, 11) is 0. The van der Waals surface area contributed by atoms with Crippen LogP contribution in [0, 0.1) is 5.92 Å². The van der Waals surface area contributed by atoms with Gasteiger partial charge in [0.05, 0.1) is 0 Å². The van der Waals surface area contributed by atoms with Crippen molar-refractivity contribution >= 4 is 0 Å². The summed E-state index contributed by atoms with van der Waals surface area (Å²) >= 11 is 0. The zero-order valence-corrected chi connectivity index (χ0v) is 12.0. The first kappa shape index (κ1) is 13.3. The first-order valence-corrected chi connectivity index (χ1v) is 7.81. The highest BCUT2D eigenvalue weighted by molar-refractivity contribution is 5.20. The smallest absolute Gasteiger partial charge is 0.137 e. The van der Waals surface area contributed by atoms with Crippen molar-refractivity contribution in [1.82, 2.24) is 14.8 Å².